The molecule has 0 spiro atoms. The molecule has 4 nitrogen and oxygen atoms in total. The Morgan fingerprint density at radius 2 is 2.15 bits per heavy atom. The molecule has 0 aliphatic heterocycles. The Morgan fingerprint density at radius 3 is 2.80 bits per heavy atom. The normalized spacial score (nSPS) is 13.5. The first-order chi connectivity index (χ1) is 9.53. The first kappa shape index (κ1) is 15.7. The maximum Gasteiger partial charge on any atom is 0.241 e. The standard InChI is InChI=1S/C13H18N2O2S3/c1-3-14-7-12-6-13(9-19-12)20(16,17)15-10(2)11-4-5-18-8-11/h4-6,8-10,14-15H,3,7H2,1-2H3. The van der Waals surface area contributed by atoms with Gasteiger partial charge in [0.15, 0.2) is 0 Å². The zero-order valence-corrected chi connectivity index (χ0v) is 13.9. The van der Waals surface area contributed by atoms with Crippen LogP contribution in [0.5, 0.6) is 0 Å². The van der Waals surface area contributed by atoms with Gasteiger partial charge in [-0.2, -0.15) is 11.3 Å². The average molecular weight is 330 g/mol. The molecule has 2 aromatic heterocycles. The third kappa shape index (κ3) is 3.89. The molecule has 0 aliphatic carbocycles. The molecule has 1 atom stereocenters. The third-order valence-electron chi connectivity index (χ3n) is 2.86. The van der Waals surface area contributed by atoms with E-state index in [1.165, 1.54) is 11.3 Å². The van der Waals surface area contributed by atoms with Crippen LogP contribution in [0.25, 0.3) is 0 Å². The van der Waals surface area contributed by atoms with E-state index in [1.54, 1.807) is 22.8 Å². The highest BCUT2D eigenvalue weighted by Gasteiger charge is 2.20. The molecule has 0 bridgehead atoms. The van der Waals surface area contributed by atoms with E-state index in [0.717, 1.165) is 17.0 Å². The lowest BCUT2D eigenvalue weighted by Crippen LogP contribution is -2.26. The Balaban J connectivity index is 2.08. The molecular formula is C13H18N2O2S3. The number of hydrogen-bond donors (Lipinski definition) is 2. The Morgan fingerprint density at radius 1 is 1.35 bits per heavy atom. The van der Waals surface area contributed by atoms with Crippen molar-refractivity contribution in [1.29, 1.82) is 0 Å². The van der Waals surface area contributed by atoms with E-state index in [1.807, 2.05) is 30.7 Å². The van der Waals surface area contributed by atoms with E-state index in [2.05, 4.69) is 10.0 Å². The molecule has 2 heterocycles. The lowest BCUT2D eigenvalue weighted by Gasteiger charge is -2.12. The Kier molecular flexibility index (Phi) is 5.34. The number of sulfonamides is 1. The van der Waals surface area contributed by atoms with Gasteiger partial charge in [0.1, 0.15) is 0 Å². The molecule has 0 aliphatic rings. The highest BCUT2D eigenvalue weighted by atomic mass is 32.2. The van der Waals surface area contributed by atoms with Crippen molar-refractivity contribution >= 4 is 32.7 Å². The topological polar surface area (TPSA) is 58.2 Å². The van der Waals surface area contributed by atoms with Crippen LogP contribution in [0.3, 0.4) is 0 Å². The minimum atomic E-state index is -3.45. The van der Waals surface area contributed by atoms with Gasteiger partial charge in [-0.25, -0.2) is 13.1 Å². The molecule has 1 unspecified atom stereocenters. The highest BCUT2D eigenvalue weighted by Crippen LogP contribution is 2.22. The largest absolute Gasteiger partial charge is 0.312 e. The number of hydrogen-bond acceptors (Lipinski definition) is 5. The van der Waals surface area contributed by atoms with Crippen molar-refractivity contribution in [2.24, 2.45) is 0 Å². The SMILES string of the molecule is CCNCc1cc(S(=O)(=O)NC(C)c2ccsc2)cs1. The summed E-state index contributed by atoms with van der Waals surface area (Å²) in [4.78, 5) is 1.37. The second kappa shape index (κ2) is 6.82. The molecule has 0 saturated carbocycles. The predicted molar refractivity (Wildman–Crippen MR) is 84.8 cm³/mol. The van der Waals surface area contributed by atoms with Crippen molar-refractivity contribution in [3.63, 3.8) is 0 Å². The summed E-state index contributed by atoms with van der Waals surface area (Å²) in [5.74, 6) is 0. The van der Waals surface area contributed by atoms with Gasteiger partial charge < -0.3 is 5.32 Å². The van der Waals surface area contributed by atoms with Gasteiger partial charge in [-0.1, -0.05) is 6.92 Å². The second-order valence-electron chi connectivity index (χ2n) is 4.43. The second-order valence-corrected chi connectivity index (χ2v) is 7.92. The quantitative estimate of drug-likeness (QED) is 0.820. The van der Waals surface area contributed by atoms with Crippen molar-refractivity contribution in [3.8, 4) is 0 Å². The number of thiophene rings is 2. The van der Waals surface area contributed by atoms with Crippen molar-refractivity contribution in [2.45, 2.75) is 31.3 Å². The first-order valence-electron chi connectivity index (χ1n) is 6.35. The lowest BCUT2D eigenvalue weighted by molar-refractivity contribution is 0.567. The third-order valence-corrected chi connectivity index (χ3v) is 6.17. The van der Waals surface area contributed by atoms with Gasteiger partial charge in [0.2, 0.25) is 10.0 Å². The molecule has 0 fully saturated rings. The van der Waals surface area contributed by atoms with Crippen LogP contribution in [0, 0.1) is 0 Å². The van der Waals surface area contributed by atoms with E-state index in [0.29, 0.717) is 11.4 Å². The number of nitrogens with one attached hydrogen (secondary N) is 2. The van der Waals surface area contributed by atoms with Crippen LogP contribution in [0.1, 0.15) is 30.3 Å². The van der Waals surface area contributed by atoms with Gasteiger partial charge in [0, 0.05) is 22.8 Å². The van der Waals surface area contributed by atoms with Crippen LogP contribution in [-0.2, 0) is 16.6 Å². The predicted octanol–water partition coefficient (Wildman–Crippen LogP) is 2.96. The fraction of sp³-hybridized carbons (Fsp3) is 0.385. The van der Waals surface area contributed by atoms with E-state index in [9.17, 15) is 8.42 Å². The van der Waals surface area contributed by atoms with Crippen LogP contribution in [-0.4, -0.2) is 15.0 Å². The molecule has 0 saturated heterocycles. The van der Waals surface area contributed by atoms with Gasteiger partial charge >= 0.3 is 0 Å². The van der Waals surface area contributed by atoms with Crippen LogP contribution in [0.15, 0.2) is 33.2 Å². The zero-order valence-electron chi connectivity index (χ0n) is 11.4. The molecule has 0 amide bonds. The van der Waals surface area contributed by atoms with Gasteiger partial charge in [-0.15, -0.1) is 11.3 Å². The summed E-state index contributed by atoms with van der Waals surface area (Å²) in [7, 11) is -3.45. The minimum absolute atomic E-state index is 0.219. The monoisotopic (exact) mass is 330 g/mol. The van der Waals surface area contributed by atoms with Crippen molar-refractivity contribution in [1.82, 2.24) is 10.0 Å². The Labute approximate surface area is 127 Å². The summed E-state index contributed by atoms with van der Waals surface area (Å²) in [6.07, 6.45) is 0. The van der Waals surface area contributed by atoms with E-state index < -0.39 is 10.0 Å². The average Bonchev–Trinajstić information content (AvgIpc) is 3.07. The van der Waals surface area contributed by atoms with E-state index in [4.69, 9.17) is 0 Å². The fourth-order valence-electron chi connectivity index (χ4n) is 1.73. The smallest absolute Gasteiger partial charge is 0.241 e. The molecule has 2 N–H and O–H groups in total. The van der Waals surface area contributed by atoms with Crippen molar-refractivity contribution in [3.05, 3.63) is 38.7 Å². The molecule has 20 heavy (non-hydrogen) atoms. The minimum Gasteiger partial charge on any atom is -0.312 e. The molecular weight excluding hydrogens is 312 g/mol. The maximum atomic E-state index is 12.3. The molecule has 7 heteroatoms. The first-order valence-corrected chi connectivity index (χ1v) is 9.66. The van der Waals surface area contributed by atoms with Crippen molar-refractivity contribution < 1.29 is 8.42 Å². The Bertz CT molecular complexity index is 632. The Hall–Kier alpha value is -0.730. The molecule has 110 valence electrons. The van der Waals surface area contributed by atoms with Crippen molar-refractivity contribution in [2.75, 3.05) is 6.54 Å². The van der Waals surface area contributed by atoms with E-state index in [-0.39, 0.29) is 6.04 Å². The van der Waals surface area contributed by atoms with Crippen LogP contribution in [0.2, 0.25) is 0 Å². The summed E-state index contributed by atoms with van der Waals surface area (Å²) in [6, 6.07) is 3.45. The summed E-state index contributed by atoms with van der Waals surface area (Å²) in [5.41, 5.74) is 0.988. The molecule has 0 aromatic carbocycles. The van der Waals surface area contributed by atoms with Gasteiger partial charge in [-0.05, 0) is 41.9 Å². The van der Waals surface area contributed by atoms with Crippen LogP contribution < -0.4 is 10.0 Å². The summed E-state index contributed by atoms with van der Waals surface area (Å²) in [6.45, 7) is 5.45. The lowest BCUT2D eigenvalue weighted by atomic mass is 10.2. The molecule has 2 aromatic rings. The van der Waals surface area contributed by atoms with Gasteiger partial charge in [0.25, 0.3) is 0 Å². The summed E-state index contributed by atoms with van der Waals surface area (Å²) >= 11 is 3.02. The van der Waals surface area contributed by atoms with Crippen LogP contribution >= 0.6 is 22.7 Å². The summed E-state index contributed by atoms with van der Waals surface area (Å²) in [5, 5.41) is 8.78. The highest BCUT2D eigenvalue weighted by molar-refractivity contribution is 7.89. The fourth-order valence-corrected chi connectivity index (χ4v) is 4.96. The summed E-state index contributed by atoms with van der Waals surface area (Å²) < 4.78 is 27.3. The molecule has 0 radical (unpaired) electrons. The zero-order chi connectivity index (χ0) is 14.6. The number of rotatable bonds is 7. The van der Waals surface area contributed by atoms with Gasteiger partial charge in [-0.3, -0.25) is 0 Å². The van der Waals surface area contributed by atoms with E-state index >= 15 is 0 Å². The van der Waals surface area contributed by atoms with Gasteiger partial charge in [0.05, 0.1) is 4.90 Å². The molecule has 2 rings (SSSR count). The maximum absolute atomic E-state index is 12.3. The van der Waals surface area contributed by atoms with Crippen LogP contribution in [0.4, 0.5) is 0 Å².